The van der Waals surface area contributed by atoms with E-state index < -0.39 is 29.4 Å². The molecular weight excluding hydrogens is 186 g/mol. The van der Waals surface area contributed by atoms with Crippen LogP contribution in [0.2, 0.25) is 0 Å². The van der Waals surface area contributed by atoms with Crippen LogP contribution >= 0.6 is 0 Å². The molecule has 0 fully saturated rings. The Morgan fingerprint density at radius 3 is 2.46 bits per heavy atom. The highest BCUT2D eigenvalue weighted by Gasteiger charge is 2.19. The number of hydrogen-bond donors (Lipinski definition) is 2. The molecule has 9 heteroatoms. The quantitative estimate of drug-likeness (QED) is 0.287. The average molecular weight is 193 g/mol. The maximum Gasteiger partial charge on any atom is 0.360 e. The molecule has 0 saturated heterocycles. The minimum absolute atomic E-state index is 0.472. The van der Waals surface area contributed by atoms with E-state index in [1.807, 2.05) is 0 Å². The van der Waals surface area contributed by atoms with Crippen molar-refractivity contribution in [3.63, 3.8) is 0 Å². The highest BCUT2D eigenvalue weighted by atomic mass is 17.3. The van der Waals surface area contributed by atoms with Gasteiger partial charge in [0.15, 0.2) is 0 Å². The van der Waals surface area contributed by atoms with Crippen LogP contribution in [0.3, 0.4) is 0 Å². The van der Waals surface area contributed by atoms with E-state index in [1.165, 1.54) is 0 Å². The van der Waals surface area contributed by atoms with E-state index in [1.54, 1.807) is 0 Å². The van der Waals surface area contributed by atoms with Crippen LogP contribution in [0.25, 0.3) is 0 Å². The molecule has 1 amide bonds. The molecule has 0 bridgehead atoms. The fourth-order valence-electron chi connectivity index (χ4n) is 0.429. The third kappa shape index (κ3) is 5.38. The molecule has 0 radical (unpaired) electrons. The van der Waals surface area contributed by atoms with Crippen molar-refractivity contribution >= 4 is 11.9 Å². The molecule has 0 aliphatic rings. The number of rotatable bonds is 5. The summed E-state index contributed by atoms with van der Waals surface area (Å²) in [6, 6.07) is -1.36. The highest BCUT2D eigenvalue weighted by molar-refractivity contribution is 5.83. The van der Waals surface area contributed by atoms with E-state index in [0.29, 0.717) is 0 Å². The lowest BCUT2D eigenvalue weighted by atomic mass is 10.2. The van der Waals surface area contributed by atoms with E-state index in [9.17, 15) is 19.7 Å². The van der Waals surface area contributed by atoms with Gasteiger partial charge in [0.1, 0.15) is 6.04 Å². The van der Waals surface area contributed by atoms with E-state index >= 15 is 0 Å². The molecule has 0 heterocycles. The van der Waals surface area contributed by atoms with Crippen LogP contribution < -0.4 is 11.5 Å². The summed E-state index contributed by atoms with van der Waals surface area (Å²) in [6.07, 6.45) is -0.472. The fraction of sp³-hybridized carbons (Fsp3) is 0.500. The molecule has 9 nitrogen and oxygen atoms in total. The smallest absolute Gasteiger partial charge is 0.360 e. The van der Waals surface area contributed by atoms with E-state index in [-0.39, 0.29) is 0 Å². The summed E-state index contributed by atoms with van der Waals surface area (Å²) in [5, 5.41) is 8.18. The number of amides is 1. The number of nitrogens with two attached hydrogens (primary N) is 2. The Hall–Kier alpha value is -1.90. The Bertz CT molecular complexity index is 228. The minimum atomic E-state index is -1.36. The van der Waals surface area contributed by atoms with Gasteiger partial charge in [0.25, 0.3) is 0 Å². The molecule has 74 valence electrons. The predicted molar refractivity (Wildman–Crippen MR) is 36.0 cm³/mol. The van der Waals surface area contributed by atoms with Gasteiger partial charge in [-0.15, -0.1) is 10.1 Å². The van der Waals surface area contributed by atoms with Crippen molar-refractivity contribution in [2.45, 2.75) is 12.5 Å². The van der Waals surface area contributed by atoms with Gasteiger partial charge in [0, 0.05) is 0 Å². The molecule has 4 N–H and O–H groups in total. The van der Waals surface area contributed by atoms with Gasteiger partial charge in [0.2, 0.25) is 5.91 Å². The number of primary amides is 1. The first-order valence-electron chi connectivity index (χ1n) is 3.00. The number of carbonyl (C=O) groups excluding carboxylic acids is 2. The second-order valence-corrected chi connectivity index (χ2v) is 1.98. The highest BCUT2D eigenvalue weighted by Crippen LogP contribution is 1.92. The minimum Gasteiger partial charge on any atom is -0.370 e. The van der Waals surface area contributed by atoms with Crippen LogP contribution in [0.4, 0.5) is 0 Å². The van der Waals surface area contributed by atoms with Crippen molar-refractivity contribution in [3.05, 3.63) is 10.1 Å². The lowest BCUT2D eigenvalue weighted by molar-refractivity contribution is -0.839. The Kier molecular flexibility index (Phi) is 4.16. The maximum absolute atomic E-state index is 10.6. The van der Waals surface area contributed by atoms with Crippen molar-refractivity contribution in [1.82, 2.24) is 0 Å². The second kappa shape index (κ2) is 4.87. The van der Waals surface area contributed by atoms with Crippen molar-refractivity contribution in [3.8, 4) is 0 Å². The monoisotopic (exact) mass is 193 g/mol. The summed E-state index contributed by atoms with van der Waals surface area (Å²) < 4.78 is 0. The second-order valence-electron chi connectivity index (χ2n) is 1.98. The topological polar surface area (TPSA) is 148 Å². The van der Waals surface area contributed by atoms with E-state index in [2.05, 4.69) is 15.6 Å². The molecule has 0 aromatic carbocycles. The summed E-state index contributed by atoms with van der Waals surface area (Å²) in [6.45, 7) is 0. The Morgan fingerprint density at radius 2 is 2.08 bits per heavy atom. The molecule has 0 aromatic rings. The van der Waals surface area contributed by atoms with Gasteiger partial charge in [-0.3, -0.25) is 9.68 Å². The molecule has 0 aliphatic carbocycles. The molecule has 0 aliphatic heterocycles. The Balaban J connectivity index is 3.82. The molecule has 0 saturated carbocycles. The van der Waals surface area contributed by atoms with Gasteiger partial charge in [-0.1, -0.05) is 4.99 Å². The zero-order valence-corrected chi connectivity index (χ0v) is 6.34. The average Bonchev–Trinajstić information content (AvgIpc) is 1.98. The number of carbonyl (C=O) groups is 2. The molecule has 0 aromatic heterocycles. The standard InChI is InChI=1S/C4H7N3O6/c5-2(1-3(6)8)4(9)12-13-7(10)11/h2H,1,5H2,(H2,6,8). The van der Waals surface area contributed by atoms with Gasteiger partial charge in [-0.05, 0) is 0 Å². The van der Waals surface area contributed by atoms with Crippen LogP contribution in [-0.4, -0.2) is 23.0 Å². The Labute approximate surface area is 71.6 Å². The zero-order chi connectivity index (χ0) is 10.4. The van der Waals surface area contributed by atoms with Crippen LogP contribution in [0, 0.1) is 10.1 Å². The summed E-state index contributed by atoms with van der Waals surface area (Å²) in [7, 11) is 0. The molecular formula is C4H7N3O6. The van der Waals surface area contributed by atoms with Gasteiger partial charge >= 0.3 is 11.1 Å². The normalized spacial score (nSPS) is 11.5. The number of nitrogens with zero attached hydrogens (tertiary/aromatic N) is 1. The van der Waals surface area contributed by atoms with Gasteiger partial charge in [-0.2, -0.15) is 0 Å². The SMILES string of the molecule is NC(=O)CC(N)C(=O)OO[N+](=O)[O-]. The summed E-state index contributed by atoms with van der Waals surface area (Å²) in [5.41, 5.74) is 9.71. The lowest BCUT2D eigenvalue weighted by Gasteiger charge is -2.05. The maximum atomic E-state index is 10.6. The van der Waals surface area contributed by atoms with Gasteiger partial charge in [-0.25, -0.2) is 4.79 Å². The predicted octanol–water partition coefficient (Wildman–Crippen LogP) is -2.14. The van der Waals surface area contributed by atoms with Crippen LogP contribution in [-0.2, 0) is 19.5 Å². The van der Waals surface area contributed by atoms with Crippen LogP contribution in [0.1, 0.15) is 6.42 Å². The third-order valence-electron chi connectivity index (χ3n) is 0.904. The largest absolute Gasteiger partial charge is 0.370 e. The first kappa shape index (κ1) is 11.1. The zero-order valence-electron chi connectivity index (χ0n) is 6.34. The number of hydrogen-bond acceptors (Lipinski definition) is 7. The molecule has 13 heavy (non-hydrogen) atoms. The summed E-state index contributed by atoms with van der Waals surface area (Å²) in [5.74, 6) is -2.07. The first-order valence-corrected chi connectivity index (χ1v) is 3.00. The van der Waals surface area contributed by atoms with Gasteiger partial charge < -0.3 is 11.5 Å². The fourth-order valence-corrected chi connectivity index (χ4v) is 0.429. The van der Waals surface area contributed by atoms with Crippen molar-refractivity contribution in [2.24, 2.45) is 11.5 Å². The molecule has 1 unspecified atom stereocenters. The van der Waals surface area contributed by atoms with Crippen LogP contribution in [0.5, 0.6) is 0 Å². The summed E-state index contributed by atoms with van der Waals surface area (Å²) in [4.78, 5) is 37.2. The third-order valence-corrected chi connectivity index (χ3v) is 0.904. The van der Waals surface area contributed by atoms with Crippen LogP contribution in [0.15, 0.2) is 0 Å². The lowest BCUT2D eigenvalue weighted by Crippen LogP contribution is -2.36. The molecule has 0 rings (SSSR count). The summed E-state index contributed by atoms with van der Waals surface area (Å²) >= 11 is 0. The van der Waals surface area contributed by atoms with Crippen molar-refractivity contribution in [1.29, 1.82) is 0 Å². The van der Waals surface area contributed by atoms with Gasteiger partial charge in [0.05, 0.1) is 6.42 Å². The first-order chi connectivity index (χ1) is 5.93. The van der Waals surface area contributed by atoms with E-state index in [4.69, 9.17) is 5.73 Å². The Morgan fingerprint density at radius 1 is 1.54 bits per heavy atom. The van der Waals surface area contributed by atoms with E-state index in [0.717, 1.165) is 0 Å². The molecule has 1 atom stereocenters. The van der Waals surface area contributed by atoms with Crippen molar-refractivity contribution in [2.75, 3.05) is 0 Å². The molecule has 0 spiro atoms. The van der Waals surface area contributed by atoms with Crippen molar-refractivity contribution < 1.29 is 24.6 Å².